The van der Waals surface area contributed by atoms with Crippen LogP contribution in [0.4, 0.5) is 0 Å². The van der Waals surface area contributed by atoms with E-state index in [-0.39, 0.29) is 11.9 Å². The number of amides is 1. The van der Waals surface area contributed by atoms with Crippen LogP contribution in [-0.2, 0) is 4.74 Å². The summed E-state index contributed by atoms with van der Waals surface area (Å²) >= 11 is 1.53. The van der Waals surface area contributed by atoms with Crippen molar-refractivity contribution in [2.24, 2.45) is 0 Å². The van der Waals surface area contributed by atoms with Crippen LogP contribution in [0.3, 0.4) is 0 Å². The van der Waals surface area contributed by atoms with Crippen LogP contribution in [0.25, 0.3) is 0 Å². The number of benzene rings is 1. The zero-order valence-corrected chi connectivity index (χ0v) is 14.1. The molecular weight excluding hydrogens is 308 g/mol. The van der Waals surface area contributed by atoms with Crippen molar-refractivity contribution in [3.05, 3.63) is 57.8 Å². The number of carbonyl (C=O) groups excluding carboxylic acids is 1. The highest BCUT2D eigenvalue weighted by molar-refractivity contribution is 7.13. The second-order valence-corrected chi connectivity index (χ2v) is 7.05. The highest BCUT2D eigenvalue weighted by Gasteiger charge is 2.21. The van der Waals surface area contributed by atoms with Gasteiger partial charge in [0.15, 0.2) is 0 Å². The Kier molecular flexibility index (Phi) is 5.43. The Morgan fingerprint density at radius 1 is 1.22 bits per heavy atom. The van der Waals surface area contributed by atoms with Gasteiger partial charge in [-0.3, -0.25) is 9.69 Å². The maximum atomic E-state index is 12.5. The summed E-state index contributed by atoms with van der Waals surface area (Å²) in [6.45, 7) is 6.18. The Hall–Kier alpha value is -1.69. The molecule has 2 heterocycles. The van der Waals surface area contributed by atoms with E-state index in [1.165, 1.54) is 11.3 Å². The second kappa shape index (κ2) is 7.73. The average Bonchev–Trinajstić information content (AvgIpc) is 3.03. The van der Waals surface area contributed by atoms with Crippen molar-refractivity contribution in [3.8, 4) is 0 Å². The van der Waals surface area contributed by atoms with E-state index in [0.717, 1.165) is 48.2 Å². The monoisotopic (exact) mass is 330 g/mol. The number of nitrogens with zero attached hydrogens (tertiary/aromatic N) is 1. The number of carbonyl (C=O) groups is 1. The molecule has 0 bridgehead atoms. The van der Waals surface area contributed by atoms with E-state index in [9.17, 15) is 4.79 Å². The summed E-state index contributed by atoms with van der Waals surface area (Å²) in [6, 6.07) is 14.1. The van der Waals surface area contributed by atoms with Crippen LogP contribution >= 0.6 is 11.3 Å². The molecule has 0 aliphatic carbocycles. The summed E-state index contributed by atoms with van der Waals surface area (Å²) < 4.78 is 5.41. The lowest BCUT2D eigenvalue weighted by molar-refractivity contribution is 0.0332. The molecule has 0 spiro atoms. The molecule has 0 radical (unpaired) electrons. The normalized spacial score (nSPS) is 16.9. The summed E-state index contributed by atoms with van der Waals surface area (Å²) in [5.74, 6) is 0.00483. The third-order valence-corrected chi connectivity index (χ3v) is 5.02. The molecule has 1 aromatic heterocycles. The molecular formula is C18H22N2O2S. The Labute approximate surface area is 141 Å². The van der Waals surface area contributed by atoms with Crippen molar-refractivity contribution in [2.45, 2.75) is 13.0 Å². The molecule has 1 aromatic carbocycles. The molecule has 122 valence electrons. The number of thiophene rings is 1. The summed E-state index contributed by atoms with van der Waals surface area (Å²) in [7, 11) is 0. The van der Waals surface area contributed by atoms with Crippen molar-refractivity contribution >= 4 is 17.2 Å². The first kappa shape index (κ1) is 16.2. The fraction of sp³-hybridized carbons (Fsp3) is 0.389. The number of hydrogen-bond donors (Lipinski definition) is 1. The standard InChI is InChI=1S/C18H22N2O2S/c1-14-7-8-17(23-14)18(21)19-16(15-5-3-2-4-6-15)13-20-9-11-22-12-10-20/h2-8,16H,9-13H2,1H3,(H,19,21). The van der Waals surface area contributed by atoms with Crippen LogP contribution in [0, 0.1) is 6.92 Å². The van der Waals surface area contributed by atoms with E-state index in [2.05, 4.69) is 22.3 Å². The minimum atomic E-state index is -0.00999. The molecule has 2 aromatic rings. The van der Waals surface area contributed by atoms with Gasteiger partial charge in [-0.25, -0.2) is 0 Å². The quantitative estimate of drug-likeness (QED) is 0.916. The molecule has 1 fully saturated rings. The molecule has 4 nitrogen and oxygen atoms in total. The van der Waals surface area contributed by atoms with Crippen molar-refractivity contribution in [1.82, 2.24) is 10.2 Å². The first-order valence-electron chi connectivity index (χ1n) is 7.95. The second-order valence-electron chi connectivity index (χ2n) is 5.76. The molecule has 1 unspecified atom stereocenters. The van der Waals surface area contributed by atoms with Crippen LogP contribution in [0.1, 0.15) is 26.2 Å². The lowest BCUT2D eigenvalue weighted by atomic mass is 10.1. The van der Waals surface area contributed by atoms with Crippen LogP contribution < -0.4 is 5.32 Å². The van der Waals surface area contributed by atoms with Gasteiger partial charge in [-0.15, -0.1) is 11.3 Å². The Balaban J connectivity index is 1.73. The number of aryl methyl sites for hydroxylation is 1. The fourth-order valence-corrected chi connectivity index (χ4v) is 3.52. The van der Waals surface area contributed by atoms with Crippen LogP contribution in [0.5, 0.6) is 0 Å². The predicted molar refractivity (Wildman–Crippen MR) is 93.0 cm³/mol. The third kappa shape index (κ3) is 4.41. The van der Waals surface area contributed by atoms with Crippen molar-refractivity contribution in [1.29, 1.82) is 0 Å². The third-order valence-electron chi connectivity index (χ3n) is 4.02. The van der Waals surface area contributed by atoms with Crippen LogP contribution in [-0.4, -0.2) is 43.7 Å². The van der Waals surface area contributed by atoms with E-state index in [4.69, 9.17) is 4.74 Å². The van der Waals surface area contributed by atoms with Gasteiger partial charge in [0.25, 0.3) is 5.91 Å². The Bertz CT molecular complexity index is 635. The highest BCUT2D eigenvalue weighted by atomic mass is 32.1. The van der Waals surface area contributed by atoms with E-state index in [1.54, 1.807) is 0 Å². The molecule has 1 amide bonds. The zero-order chi connectivity index (χ0) is 16.1. The number of rotatable bonds is 5. The summed E-state index contributed by atoms with van der Waals surface area (Å²) in [5.41, 5.74) is 1.14. The smallest absolute Gasteiger partial charge is 0.261 e. The van der Waals surface area contributed by atoms with E-state index in [0.29, 0.717) is 0 Å². The number of nitrogens with one attached hydrogen (secondary N) is 1. The number of morpholine rings is 1. The number of hydrogen-bond acceptors (Lipinski definition) is 4. The van der Waals surface area contributed by atoms with Gasteiger partial charge >= 0.3 is 0 Å². The van der Waals surface area contributed by atoms with Gasteiger partial charge in [0, 0.05) is 24.5 Å². The summed E-state index contributed by atoms with van der Waals surface area (Å²) in [4.78, 5) is 16.8. The maximum absolute atomic E-state index is 12.5. The summed E-state index contributed by atoms with van der Waals surface area (Å²) in [6.07, 6.45) is 0. The average molecular weight is 330 g/mol. The van der Waals surface area contributed by atoms with E-state index >= 15 is 0 Å². The van der Waals surface area contributed by atoms with Gasteiger partial charge in [0.05, 0.1) is 24.1 Å². The SMILES string of the molecule is Cc1ccc(C(=O)NC(CN2CCOCC2)c2ccccc2)s1. The number of ether oxygens (including phenoxy) is 1. The van der Waals surface area contributed by atoms with E-state index in [1.807, 2.05) is 37.3 Å². The lowest BCUT2D eigenvalue weighted by Gasteiger charge is -2.31. The fourth-order valence-electron chi connectivity index (χ4n) is 2.75. The molecule has 1 atom stereocenters. The molecule has 1 aliphatic rings. The molecule has 23 heavy (non-hydrogen) atoms. The molecule has 0 saturated carbocycles. The Morgan fingerprint density at radius 2 is 1.96 bits per heavy atom. The minimum absolute atomic E-state index is 0.00483. The largest absolute Gasteiger partial charge is 0.379 e. The zero-order valence-electron chi connectivity index (χ0n) is 13.3. The topological polar surface area (TPSA) is 41.6 Å². The van der Waals surface area contributed by atoms with Crippen molar-refractivity contribution in [3.63, 3.8) is 0 Å². The predicted octanol–water partition coefficient (Wildman–Crippen LogP) is 2.86. The summed E-state index contributed by atoms with van der Waals surface area (Å²) in [5, 5.41) is 3.20. The van der Waals surface area contributed by atoms with Gasteiger partial charge in [0.1, 0.15) is 0 Å². The van der Waals surface area contributed by atoms with Crippen molar-refractivity contribution < 1.29 is 9.53 Å². The molecule has 1 N–H and O–H groups in total. The maximum Gasteiger partial charge on any atom is 0.261 e. The lowest BCUT2D eigenvalue weighted by Crippen LogP contribution is -2.43. The van der Waals surface area contributed by atoms with Crippen LogP contribution in [0.2, 0.25) is 0 Å². The molecule has 1 aliphatic heterocycles. The van der Waals surface area contributed by atoms with E-state index < -0.39 is 0 Å². The van der Waals surface area contributed by atoms with Gasteiger partial charge in [-0.05, 0) is 24.6 Å². The molecule has 1 saturated heterocycles. The first-order chi connectivity index (χ1) is 11.2. The minimum Gasteiger partial charge on any atom is -0.379 e. The van der Waals surface area contributed by atoms with Crippen molar-refractivity contribution in [2.75, 3.05) is 32.8 Å². The highest BCUT2D eigenvalue weighted by Crippen LogP contribution is 2.19. The van der Waals surface area contributed by atoms with Gasteiger partial charge in [-0.1, -0.05) is 30.3 Å². The Morgan fingerprint density at radius 3 is 2.61 bits per heavy atom. The molecule has 3 rings (SSSR count). The first-order valence-corrected chi connectivity index (χ1v) is 8.76. The van der Waals surface area contributed by atoms with Crippen LogP contribution in [0.15, 0.2) is 42.5 Å². The molecule has 5 heteroatoms. The van der Waals surface area contributed by atoms with Gasteiger partial charge < -0.3 is 10.1 Å². The van der Waals surface area contributed by atoms with Gasteiger partial charge in [-0.2, -0.15) is 0 Å². The van der Waals surface area contributed by atoms with Gasteiger partial charge in [0.2, 0.25) is 0 Å².